The lowest BCUT2D eigenvalue weighted by Gasteiger charge is -2.13. The van der Waals surface area contributed by atoms with Crippen molar-refractivity contribution in [3.8, 4) is 0 Å². The number of aliphatic hydroxyl groups is 1. The third-order valence-corrected chi connectivity index (χ3v) is 3.66. The van der Waals surface area contributed by atoms with Gasteiger partial charge in [-0.3, -0.25) is 0 Å². The Morgan fingerprint density at radius 2 is 1.33 bits per heavy atom. The lowest BCUT2D eigenvalue weighted by molar-refractivity contribution is 0.148. The summed E-state index contributed by atoms with van der Waals surface area (Å²) < 4.78 is 0. The highest BCUT2D eigenvalue weighted by molar-refractivity contribution is 5.09. The van der Waals surface area contributed by atoms with Gasteiger partial charge >= 0.3 is 0 Å². The second kappa shape index (κ2) is 7.05. The van der Waals surface area contributed by atoms with E-state index in [9.17, 15) is 5.11 Å². The molecule has 0 aromatic carbocycles. The van der Waals surface area contributed by atoms with Gasteiger partial charge in [-0.1, -0.05) is 30.4 Å². The van der Waals surface area contributed by atoms with Crippen LogP contribution in [0.2, 0.25) is 0 Å². The van der Waals surface area contributed by atoms with Crippen molar-refractivity contribution in [3.05, 3.63) is 11.1 Å². The van der Waals surface area contributed by atoms with E-state index in [1.54, 1.807) is 11.1 Å². The molecule has 0 spiro atoms. The van der Waals surface area contributed by atoms with Gasteiger partial charge in [0.1, 0.15) is 0 Å². The highest BCUT2D eigenvalue weighted by atomic mass is 16.3. The SMILES string of the molecule is C/C1=C(\C)CCC[C@H](O)CCCCCC1. The molecule has 0 fully saturated rings. The average molecular weight is 210 g/mol. The van der Waals surface area contributed by atoms with Gasteiger partial charge in [0.15, 0.2) is 0 Å². The first kappa shape index (κ1) is 12.8. The largest absolute Gasteiger partial charge is 0.393 e. The third kappa shape index (κ3) is 5.36. The fourth-order valence-corrected chi connectivity index (χ4v) is 2.30. The topological polar surface area (TPSA) is 20.2 Å². The van der Waals surface area contributed by atoms with Crippen molar-refractivity contribution in [2.24, 2.45) is 0 Å². The van der Waals surface area contributed by atoms with Crippen molar-refractivity contribution in [2.45, 2.75) is 77.7 Å². The Morgan fingerprint density at radius 3 is 2.07 bits per heavy atom. The van der Waals surface area contributed by atoms with E-state index in [1.807, 2.05) is 0 Å². The summed E-state index contributed by atoms with van der Waals surface area (Å²) in [6.45, 7) is 4.53. The van der Waals surface area contributed by atoms with Crippen LogP contribution in [0.5, 0.6) is 0 Å². The summed E-state index contributed by atoms with van der Waals surface area (Å²) in [5.74, 6) is 0. The number of hydrogen-bond acceptors (Lipinski definition) is 1. The molecule has 1 atom stereocenters. The van der Waals surface area contributed by atoms with Gasteiger partial charge < -0.3 is 5.11 Å². The number of hydrogen-bond donors (Lipinski definition) is 1. The fourth-order valence-electron chi connectivity index (χ4n) is 2.30. The summed E-state index contributed by atoms with van der Waals surface area (Å²) in [5.41, 5.74) is 3.15. The fraction of sp³-hybridized carbons (Fsp3) is 0.857. The average Bonchev–Trinajstić information content (AvgIpc) is 2.21. The molecule has 0 aliphatic heterocycles. The highest BCUT2D eigenvalue weighted by Gasteiger charge is 2.06. The Bertz CT molecular complexity index is 205. The first-order chi connectivity index (χ1) is 7.20. The summed E-state index contributed by atoms with van der Waals surface area (Å²) in [5, 5.41) is 9.73. The Labute approximate surface area is 94.6 Å². The van der Waals surface area contributed by atoms with Crippen LogP contribution in [0.3, 0.4) is 0 Å². The Balaban J connectivity index is 2.44. The predicted molar refractivity (Wildman–Crippen MR) is 65.9 cm³/mol. The van der Waals surface area contributed by atoms with Crippen molar-refractivity contribution in [1.29, 1.82) is 0 Å². The molecule has 0 radical (unpaired) electrons. The molecule has 0 aromatic rings. The molecule has 1 aliphatic carbocycles. The molecule has 15 heavy (non-hydrogen) atoms. The Hall–Kier alpha value is -0.300. The summed E-state index contributed by atoms with van der Waals surface area (Å²) >= 11 is 0. The smallest absolute Gasteiger partial charge is 0.0540 e. The van der Waals surface area contributed by atoms with Crippen LogP contribution in [0.4, 0.5) is 0 Å². The molecule has 1 aliphatic rings. The lowest BCUT2D eigenvalue weighted by Crippen LogP contribution is -2.06. The van der Waals surface area contributed by atoms with Crippen molar-refractivity contribution in [1.82, 2.24) is 0 Å². The van der Waals surface area contributed by atoms with Gasteiger partial charge in [-0.05, 0) is 52.4 Å². The van der Waals surface area contributed by atoms with Crippen molar-refractivity contribution in [2.75, 3.05) is 0 Å². The van der Waals surface area contributed by atoms with E-state index in [0.29, 0.717) is 0 Å². The predicted octanol–water partition coefficient (Wildman–Crippen LogP) is 4.21. The van der Waals surface area contributed by atoms with Crippen molar-refractivity contribution < 1.29 is 5.11 Å². The first-order valence-corrected chi connectivity index (χ1v) is 6.53. The molecule has 0 aromatic heterocycles. The van der Waals surface area contributed by atoms with Crippen LogP contribution < -0.4 is 0 Å². The van der Waals surface area contributed by atoms with Crippen LogP contribution in [-0.2, 0) is 0 Å². The minimum absolute atomic E-state index is 0.0440. The highest BCUT2D eigenvalue weighted by Crippen LogP contribution is 2.21. The molecule has 1 nitrogen and oxygen atoms in total. The maximum absolute atomic E-state index is 9.73. The summed E-state index contributed by atoms with van der Waals surface area (Å²) in [6, 6.07) is 0. The van der Waals surface area contributed by atoms with Gasteiger partial charge in [0.2, 0.25) is 0 Å². The first-order valence-electron chi connectivity index (χ1n) is 6.53. The third-order valence-electron chi connectivity index (χ3n) is 3.66. The molecule has 0 amide bonds. The lowest BCUT2D eigenvalue weighted by atomic mass is 9.96. The van der Waals surface area contributed by atoms with Crippen LogP contribution in [-0.4, -0.2) is 11.2 Å². The molecular weight excluding hydrogens is 184 g/mol. The zero-order chi connectivity index (χ0) is 11.1. The number of rotatable bonds is 0. The summed E-state index contributed by atoms with van der Waals surface area (Å²) in [4.78, 5) is 0. The van der Waals surface area contributed by atoms with E-state index in [1.165, 1.54) is 38.5 Å². The van der Waals surface area contributed by atoms with Gasteiger partial charge in [-0.2, -0.15) is 0 Å². The molecule has 0 saturated carbocycles. The minimum Gasteiger partial charge on any atom is -0.393 e. The van der Waals surface area contributed by atoms with Crippen LogP contribution in [0, 0.1) is 0 Å². The zero-order valence-electron chi connectivity index (χ0n) is 10.4. The van der Waals surface area contributed by atoms with Gasteiger partial charge in [0.25, 0.3) is 0 Å². The number of allylic oxidation sites excluding steroid dienone is 2. The molecule has 0 bridgehead atoms. The zero-order valence-corrected chi connectivity index (χ0v) is 10.4. The maximum Gasteiger partial charge on any atom is 0.0540 e. The van der Waals surface area contributed by atoms with Crippen LogP contribution >= 0.6 is 0 Å². The molecule has 0 heterocycles. The minimum atomic E-state index is -0.0440. The quantitative estimate of drug-likeness (QED) is 0.594. The Kier molecular flexibility index (Phi) is 6.00. The van der Waals surface area contributed by atoms with Crippen LogP contribution in [0.15, 0.2) is 11.1 Å². The van der Waals surface area contributed by atoms with E-state index in [0.717, 1.165) is 19.3 Å². The second-order valence-electron chi connectivity index (χ2n) is 5.06. The monoisotopic (exact) mass is 210 g/mol. The van der Waals surface area contributed by atoms with E-state index in [2.05, 4.69) is 13.8 Å². The molecule has 0 saturated heterocycles. The molecule has 1 N–H and O–H groups in total. The van der Waals surface area contributed by atoms with Crippen molar-refractivity contribution >= 4 is 0 Å². The van der Waals surface area contributed by atoms with Crippen LogP contribution in [0.1, 0.15) is 71.6 Å². The molecule has 0 unspecified atom stereocenters. The van der Waals surface area contributed by atoms with Crippen LogP contribution in [0.25, 0.3) is 0 Å². The maximum atomic E-state index is 9.73. The van der Waals surface area contributed by atoms with Gasteiger partial charge in [0, 0.05) is 0 Å². The van der Waals surface area contributed by atoms with E-state index in [4.69, 9.17) is 0 Å². The van der Waals surface area contributed by atoms with E-state index < -0.39 is 0 Å². The molecule has 1 heteroatoms. The molecule has 1 rings (SSSR count). The van der Waals surface area contributed by atoms with Crippen molar-refractivity contribution in [3.63, 3.8) is 0 Å². The molecule has 88 valence electrons. The van der Waals surface area contributed by atoms with Gasteiger partial charge in [0.05, 0.1) is 6.10 Å². The molecular formula is C14H26O. The Morgan fingerprint density at radius 1 is 0.800 bits per heavy atom. The number of aliphatic hydroxyl groups excluding tert-OH is 1. The summed E-state index contributed by atoms with van der Waals surface area (Å²) in [6.07, 6.45) is 10.8. The van der Waals surface area contributed by atoms with E-state index >= 15 is 0 Å². The van der Waals surface area contributed by atoms with E-state index in [-0.39, 0.29) is 6.10 Å². The summed E-state index contributed by atoms with van der Waals surface area (Å²) in [7, 11) is 0. The van der Waals surface area contributed by atoms with Gasteiger partial charge in [-0.15, -0.1) is 0 Å². The standard InChI is InChI=1S/C14H26O/c1-12-8-5-3-4-6-10-14(15)11-7-9-13(12)2/h14-15H,3-11H2,1-2H3/b13-12-/t14-/m1/s1. The normalized spacial score (nSPS) is 31.8. The van der Waals surface area contributed by atoms with Gasteiger partial charge in [-0.25, -0.2) is 0 Å². The second-order valence-corrected chi connectivity index (χ2v) is 5.06.